The summed E-state index contributed by atoms with van der Waals surface area (Å²) in [5.74, 6) is -1.07. The van der Waals surface area contributed by atoms with Gasteiger partial charge in [-0.3, -0.25) is 0 Å². The number of carboxylic acid groups (broad SMARTS) is 1. The SMILES string of the molecule is Cc1ccc(NC(=O)N2CCC(C)(O)CC2)c(C(=O)O)c1. The zero-order valence-corrected chi connectivity index (χ0v) is 12.2. The monoisotopic (exact) mass is 292 g/mol. The molecule has 0 bridgehead atoms. The van der Waals surface area contributed by atoms with Crippen LogP contribution in [0.1, 0.15) is 35.7 Å². The molecular formula is C15H20N2O4. The third-order valence-electron chi connectivity index (χ3n) is 3.77. The van der Waals surface area contributed by atoms with Gasteiger partial charge in [0.25, 0.3) is 0 Å². The Labute approximate surface area is 123 Å². The van der Waals surface area contributed by atoms with Gasteiger partial charge in [0.2, 0.25) is 0 Å². The van der Waals surface area contributed by atoms with Crippen molar-refractivity contribution in [2.75, 3.05) is 18.4 Å². The molecule has 0 aliphatic carbocycles. The molecular weight excluding hydrogens is 272 g/mol. The third kappa shape index (κ3) is 3.72. The van der Waals surface area contributed by atoms with E-state index in [1.54, 1.807) is 30.9 Å². The molecule has 6 nitrogen and oxygen atoms in total. The molecule has 21 heavy (non-hydrogen) atoms. The van der Waals surface area contributed by atoms with Crippen molar-refractivity contribution in [3.63, 3.8) is 0 Å². The van der Waals surface area contributed by atoms with E-state index in [4.69, 9.17) is 0 Å². The van der Waals surface area contributed by atoms with Crippen LogP contribution in [0.15, 0.2) is 18.2 Å². The number of likely N-dealkylation sites (tertiary alicyclic amines) is 1. The highest BCUT2D eigenvalue weighted by molar-refractivity contribution is 6.00. The molecule has 0 atom stereocenters. The van der Waals surface area contributed by atoms with Crippen LogP contribution in [0.2, 0.25) is 0 Å². The molecule has 2 rings (SSSR count). The number of carbonyl (C=O) groups excluding carboxylic acids is 1. The smallest absolute Gasteiger partial charge is 0.337 e. The summed E-state index contributed by atoms with van der Waals surface area (Å²) in [7, 11) is 0. The normalized spacial score (nSPS) is 17.4. The number of hydrogen-bond acceptors (Lipinski definition) is 3. The van der Waals surface area contributed by atoms with Gasteiger partial charge in [-0.2, -0.15) is 0 Å². The van der Waals surface area contributed by atoms with Crippen LogP contribution in [0.4, 0.5) is 10.5 Å². The van der Waals surface area contributed by atoms with E-state index in [2.05, 4.69) is 5.32 Å². The number of aryl methyl sites for hydroxylation is 1. The molecule has 0 radical (unpaired) electrons. The van der Waals surface area contributed by atoms with Crippen LogP contribution in [0, 0.1) is 6.92 Å². The Bertz CT molecular complexity index is 559. The number of carboxylic acids is 1. The fraction of sp³-hybridized carbons (Fsp3) is 0.467. The topological polar surface area (TPSA) is 89.9 Å². The van der Waals surface area contributed by atoms with Gasteiger partial charge in [-0.25, -0.2) is 9.59 Å². The lowest BCUT2D eigenvalue weighted by Crippen LogP contribution is -2.46. The third-order valence-corrected chi connectivity index (χ3v) is 3.77. The first-order valence-corrected chi connectivity index (χ1v) is 6.91. The highest BCUT2D eigenvalue weighted by Gasteiger charge is 2.29. The summed E-state index contributed by atoms with van der Waals surface area (Å²) in [6.45, 7) is 4.45. The molecule has 1 saturated heterocycles. The Morgan fingerprint density at radius 3 is 2.48 bits per heavy atom. The molecule has 1 aromatic rings. The maximum absolute atomic E-state index is 12.2. The minimum absolute atomic E-state index is 0.0763. The lowest BCUT2D eigenvalue weighted by atomic mass is 9.94. The first-order chi connectivity index (χ1) is 9.78. The van der Waals surface area contributed by atoms with E-state index >= 15 is 0 Å². The van der Waals surface area contributed by atoms with Crippen molar-refractivity contribution < 1.29 is 19.8 Å². The molecule has 3 N–H and O–H groups in total. The Morgan fingerprint density at radius 1 is 1.29 bits per heavy atom. The van der Waals surface area contributed by atoms with Gasteiger partial charge in [-0.1, -0.05) is 11.6 Å². The molecule has 1 aromatic carbocycles. The number of nitrogens with one attached hydrogen (secondary N) is 1. The molecule has 0 aromatic heterocycles. The number of urea groups is 1. The molecule has 1 fully saturated rings. The number of nitrogens with zero attached hydrogens (tertiary/aromatic N) is 1. The van der Waals surface area contributed by atoms with Crippen LogP contribution < -0.4 is 5.32 Å². The average molecular weight is 292 g/mol. The molecule has 0 unspecified atom stereocenters. The Hall–Kier alpha value is -2.08. The Kier molecular flexibility index (Phi) is 4.18. The summed E-state index contributed by atoms with van der Waals surface area (Å²) >= 11 is 0. The number of piperidine rings is 1. The highest BCUT2D eigenvalue weighted by Crippen LogP contribution is 2.23. The minimum atomic E-state index is -1.07. The molecule has 2 amide bonds. The predicted molar refractivity (Wildman–Crippen MR) is 78.6 cm³/mol. The van der Waals surface area contributed by atoms with Gasteiger partial charge in [0.05, 0.1) is 16.9 Å². The van der Waals surface area contributed by atoms with Crippen LogP contribution in [0.3, 0.4) is 0 Å². The standard InChI is InChI=1S/C15H20N2O4/c1-10-3-4-12(11(9-10)13(18)19)16-14(20)17-7-5-15(2,21)6-8-17/h3-4,9,21H,5-8H2,1-2H3,(H,16,20)(H,18,19). The zero-order valence-electron chi connectivity index (χ0n) is 12.2. The van der Waals surface area contributed by atoms with Crippen LogP contribution >= 0.6 is 0 Å². The number of aromatic carboxylic acids is 1. The summed E-state index contributed by atoms with van der Waals surface area (Å²) in [4.78, 5) is 25.0. The van der Waals surface area contributed by atoms with Gasteiger partial charge < -0.3 is 20.4 Å². The van der Waals surface area contributed by atoms with Crippen molar-refractivity contribution in [3.8, 4) is 0 Å². The van der Waals surface area contributed by atoms with E-state index in [9.17, 15) is 19.8 Å². The van der Waals surface area contributed by atoms with Gasteiger partial charge in [-0.05, 0) is 38.8 Å². The van der Waals surface area contributed by atoms with Gasteiger partial charge >= 0.3 is 12.0 Å². The Morgan fingerprint density at radius 2 is 1.90 bits per heavy atom. The average Bonchev–Trinajstić information content (AvgIpc) is 2.40. The fourth-order valence-electron chi connectivity index (χ4n) is 2.33. The van der Waals surface area contributed by atoms with Gasteiger partial charge in [0.15, 0.2) is 0 Å². The van der Waals surface area contributed by atoms with Crippen molar-refractivity contribution in [2.45, 2.75) is 32.3 Å². The van der Waals surface area contributed by atoms with E-state index in [0.29, 0.717) is 25.9 Å². The zero-order chi connectivity index (χ0) is 15.6. The number of rotatable bonds is 2. The molecule has 114 valence electrons. The second-order valence-electron chi connectivity index (χ2n) is 5.77. The van der Waals surface area contributed by atoms with Gasteiger partial charge in [0.1, 0.15) is 0 Å². The van der Waals surface area contributed by atoms with Crippen LogP contribution in [-0.2, 0) is 0 Å². The van der Waals surface area contributed by atoms with Crippen molar-refractivity contribution in [1.82, 2.24) is 4.90 Å². The summed E-state index contributed by atoms with van der Waals surface area (Å²) < 4.78 is 0. The van der Waals surface area contributed by atoms with Crippen molar-refractivity contribution in [2.24, 2.45) is 0 Å². The molecule has 1 heterocycles. The largest absolute Gasteiger partial charge is 0.478 e. The fourth-order valence-corrected chi connectivity index (χ4v) is 2.33. The lowest BCUT2D eigenvalue weighted by molar-refractivity contribution is 0.00570. The number of aliphatic hydroxyl groups is 1. The number of benzene rings is 1. The number of carbonyl (C=O) groups is 2. The minimum Gasteiger partial charge on any atom is -0.478 e. The first-order valence-electron chi connectivity index (χ1n) is 6.91. The summed E-state index contributed by atoms with van der Waals surface area (Å²) in [5, 5.41) is 21.7. The number of amides is 2. The maximum atomic E-state index is 12.2. The van der Waals surface area contributed by atoms with Crippen LogP contribution in [-0.4, -0.2) is 45.8 Å². The molecule has 6 heteroatoms. The second kappa shape index (κ2) is 5.73. The van der Waals surface area contributed by atoms with Gasteiger partial charge in [-0.15, -0.1) is 0 Å². The summed E-state index contributed by atoms with van der Waals surface area (Å²) in [6.07, 6.45) is 1.03. The molecule has 0 saturated carbocycles. The highest BCUT2D eigenvalue weighted by atomic mass is 16.4. The predicted octanol–water partition coefficient (Wildman–Crippen LogP) is 2.07. The molecule has 0 spiro atoms. The molecule has 1 aliphatic rings. The summed E-state index contributed by atoms with van der Waals surface area (Å²) in [6, 6.07) is 4.54. The van der Waals surface area contributed by atoms with E-state index in [1.807, 2.05) is 0 Å². The van der Waals surface area contributed by atoms with E-state index < -0.39 is 11.6 Å². The van der Waals surface area contributed by atoms with Crippen molar-refractivity contribution in [1.29, 1.82) is 0 Å². The van der Waals surface area contributed by atoms with E-state index in [0.717, 1.165) is 5.56 Å². The van der Waals surface area contributed by atoms with Crippen molar-refractivity contribution >= 4 is 17.7 Å². The quantitative estimate of drug-likeness (QED) is 0.778. The Balaban J connectivity index is 2.08. The second-order valence-corrected chi connectivity index (χ2v) is 5.77. The van der Waals surface area contributed by atoms with Crippen LogP contribution in [0.5, 0.6) is 0 Å². The summed E-state index contributed by atoms with van der Waals surface area (Å²) in [5.41, 5.74) is 0.453. The number of anilines is 1. The van der Waals surface area contributed by atoms with Gasteiger partial charge in [0, 0.05) is 13.1 Å². The molecule has 1 aliphatic heterocycles. The van der Waals surface area contributed by atoms with E-state index in [-0.39, 0.29) is 17.3 Å². The first kappa shape index (κ1) is 15.3. The lowest BCUT2D eigenvalue weighted by Gasteiger charge is -2.35. The van der Waals surface area contributed by atoms with Crippen LogP contribution in [0.25, 0.3) is 0 Å². The maximum Gasteiger partial charge on any atom is 0.337 e. The van der Waals surface area contributed by atoms with Crippen molar-refractivity contribution in [3.05, 3.63) is 29.3 Å². The number of hydrogen-bond donors (Lipinski definition) is 3. The van der Waals surface area contributed by atoms with E-state index in [1.165, 1.54) is 6.07 Å².